The lowest BCUT2D eigenvalue weighted by Gasteiger charge is -2.10. The summed E-state index contributed by atoms with van der Waals surface area (Å²) >= 11 is 8.96. The summed E-state index contributed by atoms with van der Waals surface area (Å²) in [6.45, 7) is 2.81. The van der Waals surface area contributed by atoms with Crippen LogP contribution in [0.5, 0.6) is 0 Å². The summed E-state index contributed by atoms with van der Waals surface area (Å²) < 4.78 is 0.785. The molecule has 0 aliphatic rings. The predicted octanol–water partition coefficient (Wildman–Crippen LogP) is 2.77. The summed E-state index contributed by atoms with van der Waals surface area (Å²) in [7, 11) is 0. The van der Waals surface area contributed by atoms with Crippen LogP contribution in [0.2, 0.25) is 4.34 Å². The van der Waals surface area contributed by atoms with Crippen molar-refractivity contribution in [3.63, 3.8) is 0 Å². The largest absolute Gasteiger partial charge is 0.396 e. The summed E-state index contributed by atoms with van der Waals surface area (Å²) in [5.74, 6) is 1.64. The first kappa shape index (κ1) is 15.8. The van der Waals surface area contributed by atoms with Crippen LogP contribution in [-0.2, 0) is 10.5 Å². The molecule has 0 aromatic carbocycles. The van der Waals surface area contributed by atoms with Crippen molar-refractivity contribution in [3.05, 3.63) is 21.3 Å². The molecule has 3 nitrogen and oxygen atoms in total. The van der Waals surface area contributed by atoms with Crippen LogP contribution in [0.1, 0.15) is 18.2 Å². The highest BCUT2D eigenvalue weighted by atomic mass is 35.5. The minimum Gasteiger partial charge on any atom is -0.396 e. The van der Waals surface area contributed by atoms with Crippen LogP contribution in [0.3, 0.4) is 0 Å². The number of carbonyl (C=O) groups is 1. The number of thiophene rings is 1. The lowest BCUT2D eigenvalue weighted by Crippen LogP contribution is -2.30. The maximum Gasteiger partial charge on any atom is 0.230 e. The fourth-order valence-corrected chi connectivity index (χ4v) is 3.39. The maximum absolute atomic E-state index is 11.5. The van der Waals surface area contributed by atoms with E-state index in [2.05, 4.69) is 5.32 Å². The Balaban J connectivity index is 2.10. The van der Waals surface area contributed by atoms with Crippen LogP contribution in [0.15, 0.2) is 12.1 Å². The van der Waals surface area contributed by atoms with Crippen LogP contribution < -0.4 is 5.32 Å². The molecule has 1 rings (SSSR count). The molecule has 1 heterocycles. The molecule has 1 unspecified atom stereocenters. The van der Waals surface area contributed by atoms with Gasteiger partial charge < -0.3 is 10.4 Å². The minimum atomic E-state index is 0.0486. The fraction of sp³-hybridized carbons (Fsp3) is 0.583. The molecule has 0 bridgehead atoms. The Labute approximate surface area is 121 Å². The first-order chi connectivity index (χ1) is 8.61. The zero-order valence-corrected chi connectivity index (χ0v) is 12.7. The quantitative estimate of drug-likeness (QED) is 0.776. The van der Waals surface area contributed by atoms with Crippen molar-refractivity contribution in [2.24, 2.45) is 5.92 Å². The zero-order chi connectivity index (χ0) is 13.4. The maximum atomic E-state index is 11.5. The minimum absolute atomic E-state index is 0.0486. The first-order valence-electron chi connectivity index (χ1n) is 5.81. The van der Waals surface area contributed by atoms with Gasteiger partial charge in [0.2, 0.25) is 5.91 Å². The summed E-state index contributed by atoms with van der Waals surface area (Å²) in [5.41, 5.74) is 0. The van der Waals surface area contributed by atoms with Crippen LogP contribution in [0.25, 0.3) is 0 Å². The Hall–Kier alpha value is -0.230. The molecule has 1 amide bonds. The van der Waals surface area contributed by atoms with E-state index >= 15 is 0 Å². The molecule has 2 N–H and O–H groups in total. The summed E-state index contributed by atoms with van der Waals surface area (Å²) in [6.07, 6.45) is 0.723. The molecule has 0 aliphatic carbocycles. The Morgan fingerprint density at radius 3 is 3.00 bits per heavy atom. The number of aliphatic hydroxyl groups excluding tert-OH is 1. The molecule has 0 saturated heterocycles. The van der Waals surface area contributed by atoms with E-state index in [9.17, 15) is 4.79 Å². The van der Waals surface area contributed by atoms with Gasteiger partial charge >= 0.3 is 0 Å². The van der Waals surface area contributed by atoms with Crippen LogP contribution >= 0.6 is 34.7 Å². The third kappa shape index (κ3) is 6.64. The molecule has 1 atom stereocenters. The number of halogens is 1. The lowest BCUT2D eigenvalue weighted by molar-refractivity contribution is -0.118. The van der Waals surface area contributed by atoms with Gasteiger partial charge in [-0.05, 0) is 24.5 Å². The molecular weight excluding hydrogens is 290 g/mol. The number of carbonyl (C=O) groups excluding carboxylic acids is 1. The van der Waals surface area contributed by atoms with Crippen molar-refractivity contribution >= 4 is 40.6 Å². The normalized spacial score (nSPS) is 12.4. The van der Waals surface area contributed by atoms with E-state index < -0.39 is 0 Å². The van der Waals surface area contributed by atoms with E-state index in [0.29, 0.717) is 18.2 Å². The molecule has 0 fully saturated rings. The second-order valence-corrected chi connectivity index (χ2v) is 6.91. The van der Waals surface area contributed by atoms with Gasteiger partial charge in [-0.1, -0.05) is 18.5 Å². The Morgan fingerprint density at radius 2 is 2.39 bits per heavy atom. The van der Waals surface area contributed by atoms with E-state index in [1.54, 1.807) is 23.1 Å². The molecule has 0 aliphatic heterocycles. The number of hydrogen-bond donors (Lipinski definition) is 2. The van der Waals surface area contributed by atoms with Crippen molar-refractivity contribution < 1.29 is 9.90 Å². The average molecular weight is 308 g/mol. The van der Waals surface area contributed by atoms with Crippen molar-refractivity contribution in [2.75, 3.05) is 18.9 Å². The number of thioether (sulfide) groups is 1. The molecule has 0 saturated carbocycles. The molecule has 6 heteroatoms. The van der Waals surface area contributed by atoms with Crippen LogP contribution in [0.4, 0.5) is 0 Å². The Bertz CT molecular complexity index is 371. The SMILES string of the molecule is CC(CCO)CNC(=O)CSCc1ccc(Cl)s1. The van der Waals surface area contributed by atoms with E-state index in [1.165, 1.54) is 4.88 Å². The smallest absolute Gasteiger partial charge is 0.230 e. The molecule has 0 spiro atoms. The van der Waals surface area contributed by atoms with Gasteiger partial charge in [0.1, 0.15) is 0 Å². The number of amides is 1. The second kappa shape index (κ2) is 8.80. The highest BCUT2D eigenvalue weighted by Crippen LogP contribution is 2.24. The van der Waals surface area contributed by atoms with E-state index in [-0.39, 0.29) is 12.5 Å². The summed E-state index contributed by atoms with van der Waals surface area (Å²) in [4.78, 5) is 12.7. The summed E-state index contributed by atoms with van der Waals surface area (Å²) in [6, 6.07) is 3.86. The number of nitrogens with one attached hydrogen (secondary N) is 1. The highest BCUT2D eigenvalue weighted by molar-refractivity contribution is 7.99. The molecule has 1 aromatic rings. The molecule has 1 aromatic heterocycles. The van der Waals surface area contributed by atoms with Gasteiger partial charge in [-0.2, -0.15) is 0 Å². The van der Waals surface area contributed by atoms with Crippen LogP contribution in [-0.4, -0.2) is 29.9 Å². The monoisotopic (exact) mass is 307 g/mol. The van der Waals surface area contributed by atoms with Crippen molar-refractivity contribution in [3.8, 4) is 0 Å². The number of rotatable bonds is 8. The second-order valence-electron chi connectivity index (χ2n) is 4.12. The van der Waals surface area contributed by atoms with Crippen molar-refractivity contribution in [1.29, 1.82) is 0 Å². The van der Waals surface area contributed by atoms with Gasteiger partial charge in [0.15, 0.2) is 0 Å². The Kier molecular flexibility index (Phi) is 7.74. The predicted molar refractivity (Wildman–Crippen MR) is 79.4 cm³/mol. The van der Waals surface area contributed by atoms with Gasteiger partial charge in [0.25, 0.3) is 0 Å². The Morgan fingerprint density at radius 1 is 1.61 bits per heavy atom. The van der Waals surface area contributed by atoms with Crippen molar-refractivity contribution in [2.45, 2.75) is 19.1 Å². The molecule has 102 valence electrons. The van der Waals surface area contributed by atoms with Gasteiger partial charge in [-0.25, -0.2) is 0 Å². The first-order valence-corrected chi connectivity index (χ1v) is 8.16. The van der Waals surface area contributed by atoms with Gasteiger partial charge in [0.05, 0.1) is 10.1 Å². The zero-order valence-electron chi connectivity index (χ0n) is 10.3. The average Bonchev–Trinajstić information content (AvgIpc) is 2.73. The lowest BCUT2D eigenvalue weighted by atomic mass is 10.1. The topological polar surface area (TPSA) is 49.3 Å². The fourth-order valence-electron chi connectivity index (χ4n) is 1.34. The molecule has 0 radical (unpaired) electrons. The third-order valence-electron chi connectivity index (χ3n) is 2.38. The molecule has 18 heavy (non-hydrogen) atoms. The van der Waals surface area contributed by atoms with Gasteiger partial charge in [-0.15, -0.1) is 23.1 Å². The van der Waals surface area contributed by atoms with E-state index in [0.717, 1.165) is 16.5 Å². The standard InChI is InChI=1S/C12H18ClNO2S2/c1-9(4-5-15)6-14-12(16)8-17-7-10-2-3-11(13)18-10/h2-3,9,15H,4-8H2,1H3,(H,14,16). The van der Waals surface area contributed by atoms with E-state index in [1.807, 2.05) is 19.1 Å². The van der Waals surface area contributed by atoms with Gasteiger partial charge in [0, 0.05) is 23.8 Å². The van der Waals surface area contributed by atoms with Gasteiger partial charge in [-0.3, -0.25) is 4.79 Å². The van der Waals surface area contributed by atoms with E-state index in [4.69, 9.17) is 16.7 Å². The highest BCUT2D eigenvalue weighted by Gasteiger charge is 2.06. The number of aliphatic hydroxyl groups is 1. The van der Waals surface area contributed by atoms with Crippen molar-refractivity contribution in [1.82, 2.24) is 5.32 Å². The third-order valence-corrected chi connectivity index (χ3v) is 4.77. The summed E-state index contributed by atoms with van der Waals surface area (Å²) in [5, 5.41) is 11.6. The van der Waals surface area contributed by atoms with Crippen LogP contribution in [0, 0.1) is 5.92 Å². The number of hydrogen-bond acceptors (Lipinski definition) is 4. The molecular formula is C12H18ClNO2S2.